The highest BCUT2D eigenvalue weighted by Gasteiger charge is 2.60. The molecule has 2 saturated heterocycles. The molecule has 7 nitrogen and oxygen atoms in total. The lowest BCUT2D eigenvalue weighted by molar-refractivity contribution is -0.126. The number of para-hydroxylation sites is 1. The fraction of sp³-hybridized carbons (Fsp3) is 0.125. The number of amides is 2. The summed E-state index contributed by atoms with van der Waals surface area (Å²) in [5.41, 5.74) is 1.89. The van der Waals surface area contributed by atoms with Gasteiger partial charge >= 0.3 is 5.97 Å². The summed E-state index contributed by atoms with van der Waals surface area (Å²) in [4.78, 5) is 45.0. The largest absolute Gasteiger partial charge is 0.478 e. The number of hydrogen-bond donors (Lipinski definition) is 1. The molecule has 160 valence electrons. The molecule has 8 heteroatoms. The maximum Gasteiger partial charge on any atom is 0.335 e. The van der Waals surface area contributed by atoms with Crippen LogP contribution in [0.1, 0.15) is 22.0 Å². The zero-order valence-electron chi connectivity index (χ0n) is 16.6. The molecule has 0 spiro atoms. The van der Waals surface area contributed by atoms with E-state index in [2.05, 4.69) is 0 Å². The highest BCUT2D eigenvalue weighted by atomic mass is 35.5. The molecule has 2 amide bonds. The van der Waals surface area contributed by atoms with E-state index in [-0.39, 0.29) is 5.56 Å². The van der Waals surface area contributed by atoms with Crippen molar-refractivity contribution in [3.8, 4) is 0 Å². The van der Waals surface area contributed by atoms with Crippen molar-refractivity contribution in [1.29, 1.82) is 0 Å². The minimum absolute atomic E-state index is 0.0681. The van der Waals surface area contributed by atoms with Gasteiger partial charge in [-0.1, -0.05) is 41.9 Å². The molecular weight excluding hydrogens is 432 g/mol. The van der Waals surface area contributed by atoms with E-state index in [1.165, 1.54) is 24.3 Å². The quantitative estimate of drug-likeness (QED) is 0.605. The first kappa shape index (κ1) is 20.2. The van der Waals surface area contributed by atoms with E-state index in [0.29, 0.717) is 10.7 Å². The molecule has 2 aliphatic heterocycles. The van der Waals surface area contributed by atoms with Crippen LogP contribution in [0, 0.1) is 5.92 Å². The number of halogens is 1. The lowest BCUT2D eigenvalue weighted by atomic mass is 9.90. The molecule has 0 aliphatic carbocycles. The van der Waals surface area contributed by atoms with Gasteiger partial charge in [0.25, 0.3) is 5.91 Å². The lowest BCUT2D eigenvalue weighted by Gasteiger charge is -2.28. The van der Waals surface area contributed by atoms with Crippen LogP contribution < -0.4 is 9.96 Å². The van der Waals surface area contributed by atoms with Gasteiger partial charge in [-0.05, 0) is 54.1 Å². The fourth-order valence-electron chi connectivity index (χ4n) is 4.22. The SMILES string of the molecule is O=C(O)c1ccc(N2C(=O)[C@H]3[C@H](ON(c4ccccc4)[C@H]3c3ccc(Cl)cc3)C2=O)cc1. The molecule has 3 aromatic carbocycles. The molecule has 3 atom stereocenters. The first-order valence-corrected chi connectivity index (χ1v) is 10.3. The highest BCUT2D eigenvalue weighted by Crippen LogP contribution is 2.47. The molecule has 0 saturated carbocycles. The Bertz CT molecular complexity index is 1200. The van der Waals surface area contributed by atoms with Crippen LogP contribution in [0.2, 0.25) is 5.02 Å². The number of carbonyl (C=O) groups excluding carboxylic acids is 2. The van der Waals surface area contributed by atoms with Gasteiger partial charge in [0, 0.05) is 5.02 Å². The van der Waals surface area contributed by atoms with Crippen LogP contribution in [0.4, 0.5) is 11.4 Å². The van der Waals surface area contributed by atoms with E-state index in [4.69, 9.17) is 21.5 Å². The molecule has 3 aromatic rings. The fourth-order valence-corrected chi connectivity index (χ4v) is 4.35. The van der Waals surface area contributed by atoms with Gasteiger partial charge in [0.15, 0.2) is 6.10 Å². The van der Waals surface area contributed by atoms with Gasteiger partial charge < -0.3 is 5.11 Å². The zero-order valence-corrected chi connectivity index (χ0v) is 17.3. The smallest absolute Gasteiger partial charge is 0.335 e. The molecule has 0 unspecified atom stereocenters. The molecular formula is C24H17ClN2O5. The number of nitrogens with zero attached hydrogens (tertiary/aromatic N) is 2. The van der Waals surface area contributed by atoms with Gasteiger partial charge in [-0.2, -0.15) is 0 Å². The molecule has 2 fully saturated rings. The summed E-state index contributed by atoms with van der Waals surface area (Å²) in [7, 11) is 0. The Labute approximate surface area is 188 Å². The Morgan fingerprint density at radius 3 is 2.12 bits per heavy atom. The number of carbonyl (C=O) groups is 3. The first-order chi connectivity index (χ1) is 15.5. The van der Waals surface area contributed by atoms with Gasteiger partial charge in [0.05, 0.1) is 23.0 Å². The summed E-state index contributed by atoms with van der Waals surface area (Å²) in [5, 5.41) is 11.3. The van der Waals surface area contributed by atoms with Crippen molar-refractivity contribution in [3.05, 3.63) is 95.0 Å². The molecule has 0 radical (unpaired) electrons. The predicted molar refractivity (Wildman–Crippen MR) is 117 cm³/mol. The van der Waals surface area contributed by atoms with Crippen LogP contribution in [-0.2, 0) is 14.4 Å². The van der Waals surface area contributed by atoms with Crippen LogP contribution in [0.3, 0.4) is 0 Å². The third-order valence-electron chi connectivity index (χ3n) is 5.71. The Kier molecular flexibility index (Phi) is 4.92. The van der Waals surface area contributed by atoms with Crippen molar-refractivity contribution in [2.75, 3.05) is 9.96 Å². The van der Waals surface area contributed by atoms with Crippen molar-refractivity contribution in [2.45, 2.75) is 12.1 Å². The standard InChI is InChI=1S/C24H17ClN2O5/c25-16-10-6-14(7-11-16)20-19-21(32-27(20)18-4-2-1-3-5-18)23(29)26(22(19)28)17-12-8-15(9-13-17)24(30)31/h1-13,19-21H,(H,30,31)/t19-,20+,21+/m1/s1. The zero-order chi connectivity index (χ0) is 22.4. The number of hydroxylamine groups is 1. The Balaban J connectivity index is 1.55. The summed E-state index contributed by atoms with van der Waals surface area (Å²) in [6, 6.07) is 21.5. The number of carboxylic acid groups (broad SMARTS) is 1. The topological polar surface area (TPSA) is 87.2 Å². The average molecular weight is 449 g/mol. The number of fused-ring (bicyclic) bond motifs is 1. The van der Waals surface area contributed by atoms with Gasteiger partial charge in [-0.15, -0.1) is 0 Å². The van der Waals surface area contributed by atoms with Crippen LogP contribution in [0.25, 0.3) is 0 Å². The molecule has 32 heavy (non-hydrogen) atoms. The molecule has 2 aliphatic rings. The maximum absolute atomic E-state index is 13.5. The van der Waals surface area contributed by atoms with E-state index < -0.39 is 35.8 Å². The lowest BCUT2D eigenvalue weighted by Crippen LogP contribution is -2.37. The van der Waals surface area contributed by atoms with Crippen molar-refractivity contribution in [1.82, 2.24) is 0 Å². The molecule has 0 bridgehead atoms. The Hall–Kier alpha value is -3.68. The molecule has 2 heterocycles. The van der Waals surface area contributed by atoms with Crippen LogP contribution in [0.5, 0.6) is 0 Å². The normalized spacial score (nSPS) is 22.3. The summed E-state index contributed by atoms with van der Waals surface area (Å²) in [6.45, 7) is 0. The average Bonchev–Trinajstić information content (AvgIpc) is 3.31. The summed E-state index contributed by atoms with van der Waals surface area (Å²) in [6.07, 6.45) is -0.998. The second-order valence-corrected chi connectivity index (χ2v) is 8.01. The van der Waals surface area contributed by atoms with E-state index >= 15 is 0 Å². The number of benzene rings is 3. The summed E-state index contributed by atoms with van der Waals surface area (Å²) in [5.74, 6) is -2.75. The number of hydrogen-bond acceptors (Lipinski definition) is 5. The minimum Gasteiger partial charge on any atom is -0.478 e. The van der Waals surface area contributed by atoms with E-state index in [1.807, 2.05) is 42.5 Å². The monoisotopic (exact) mass is 448 g/mol. The van der Waals surface area contributed by atoms with E-state index in [0.717, 1.165) is 16.2 Å². The molecule has 5 rings (SSSR count). The number of rotatable bonds is 4. The Morgan fingerprint density at radius 1 is 0.844 bits per heavy atom. The van der Waals surface area contributed by atoms with Crippen LogP contribution >= 0.6 is 11.6 Å². The third kappa shape index (κ3) is 3.23. The molecule has 1 N–H and O–H groups in total. The summed E-state index contributed by atoms with van der Waals surface area (Å²) < 4.78 is 0. The Morgan fingerprint density at radius 2 is 1.50 bits per heavy atom. The van der Waals surface area contributed by atoms with E-state index in [9.17, 15) is 14.4 Å². The first-order valence-electron chi connectivity index (χ1n) is 9.93. The second-order valence-electron chi connectivity index (χ2n) is 7.57. The van der Waals surface area contributed by atoms with Crippen molar-refractivity contribution < 1.29 is 24.3 Å². The highest BCUT2D eigenvalue weighted by molar-refractivity contribution is 6.30. The van der Waals surface area contributed by atoms with Gasteiger partial charge in [0.1, 0.15) is 5.92 Å². The number of anilines is 2. The molecule has 0 aromatic heterocycles. The number of imide groups is 1. The van der Waals surface area contributed by atoms with Gasteiger partial charge in [0.2, 0.25) is 5.91 Å². The maximum atomic E-state index is 13.5. The number of carboxylic acids is 1. The summed E-state index contributed by atoms with van der Waals surface area (Å²) >= 11 is 6.06. The van der Waals surface area contributed by atoms with Gasteiger partial charge in [-0.25, -0.2) is 14.8 Å². The van der Waals surface area contributed by atoms with Crippen molar-refractivity contribution >= 4 is 40.8 Å². The van der Waals surface area contributed by atoms with Crippen molar-refractivity contribution in [3.63, 3.8) is 0 Å². The van der Waals surface area contributed by atoms with E-state index in [1.54, 1.807) is 17.2 Å². The minimum atomic E-state index is -1.09. The van der Waals surface area contributed by atoms with Crippen LogP contribution in [-0.4, -0.2) is 29.0 Å². The van der Waals surface area contributed by atoms with Crippen LogP contribution in [0.15, 0.2) is 78.9 Å². The predicted octanol–water partition coefficient (Wildman–Crippen LogP) is 4.09. The second kappa shape index (κ2) is 7.78. The van der Waals surface area contributed by atoms with Gasteiger partial charge in [-0.3, -0.25) is 14.4 Å². The van der Waals surface area contributed by atoms with Crippen molar-refractivity contribution in [2.24, 2.45) is 5.92 Å². The number of aromatic carboxylic acids is 1. The third-order valence-corrected chi connectivity index (χ3v) is 5.96.